The molecule has 2 N–H and O–H groups in total. The van der Waals surface area contributed by atoms with Crippen molar-refractivity contribution in [2.24, 2.45) is 0 Å². The van der Waals surface area contributed by atoms with Crippen LogP contribution < -0.4 is 5.32 Å². The van der Waals surface area contributed by atoms with Gasteiger partial charge < -0.3 is 10.4 Å². The number of amides is 1. The molecule has 22 heavy (non-hydrogen) atoms. The third-order valence-electron chi connectivity index (χ3n) is 3.66. The third-order valence-corrected chi connectivity index (χ3v) is 3.66. The number of nitrogens with one attached hydrogen (secondary N) is 1. The van der Waals surface area contributed by atoms with Crippen LogP contribution in [0.1, 0.15) is 39.5 Å². The van der Waals surface area contributed by atoms with Gasteiger partial charge in [-0.25, -0.2) is 0 Å². The standard InChI is InChI=1S/C18H19NO3/c1-12-8-9-15(10-13(12)2)18(22)19-16(11-17(20)21)14-6-4-3-5-7-14/h3-10,16H,11H2,1-2H3,(H,19,22)(H,20,21). The van der Waals surface area contributed by atoms with Gasteiger partial charge in [0.15, 0.2) is 0 Å². The average molecular weight is 297 g/mol. The van der Waals surface area contributed by atoms with E-state index in [1.165, 1.54) is 0 Å². The molecule has 4 nitrogen and oxygen atoms in total. The summed E-state index contributed by atoms with van der Waals surface area (Å²) in [5.41, 5.74) is 3.46. The lowest BCUT2D eigenvalue weighted by Gasteiger charge is -2.18. The van der Waals surface area contributed by atoms with Crippen LogP contribution in [0, 0.1) is 13.8 Å². The van der Waals surface area contributed by atoms with Gasteiger partial charge >= 0.3 is 5.97 Å². The first kappa shape index (κ1) is 15.8. The van der Waals surface area contributed by atoms with Crippen molar-refractivity contribution in [1.82, 2.24) is 5.32 Å². The molecule has 1 atom stereocenters. The summed E-state index contributed by atoms with van der Waals surface area (Å²) in [7, 11) is 0. The molecule has 0 radical (unpaired) electrons. The lowest BCUT2D eigenvalue weighted by Crippen LogP contribution is -2.30. The lowest BCUT2D eigenvalue weighted by atomic mass is 10.0. The molecule has 114 valence electrons. The van der Waals surface area contributed by atoms with Gasteiger partial charge in [0.25, 0.3) is 5.91 Å². The van der Waals surface area contributed by atoms with Gasteiger partial charge in [-0.15, -0.1) is 0 Å². The molecule has 0 aliphatic carbocycles. The second-order valence-electron chi connectivity index (χ2n) is 5.33. The Morgan fingerprint density at radius 3 is 2.32 bits per heavy atom. The SMILES string of the molecule is Cc1ccc(C(=O)NC(CC(=O)O)c2ccccc2)cc1C. The second-order valence-corrected chi connectivity index (χ2v) is 5.33. The molecule has 1 amide bonds. The van der Waals surface area contributed by atoms with Crippen LogP contribution in [0.2, 0.25) is 0 Å². The molecule has 0 heterocycles. The maximum Gasteiger partial charge on any atom is 0.305 e. The van der Waals surface area contributed by atoms with Crippen LogP contribution in [0.15, 0.2) is 48.5 Å². The first-order valence-corrected chi connectivity index (χ1v) is 7.12. The van der Waals surface area contributed by atoms with Crippen LogP contribution >= 0.6 is 0 Å². The molecule has 1 unspecified atom stereocenters. The number of hydrogen-bond acceptors (Lipinski definition) is 2. The molecule has 0 saturated heterocycles. The zero-order valence-electron chi connectivity index (χ0n) is 12.7. The van der Waals surface area contributed by atoms with E-state index in [1.54, 1.807) is 6.07 Å². The number of rotatable bonds is 5. The number of carboxylic acid groups (broad SMARTS) is 1. The fourth-order valence-corrected chi connectivity index (χ4v) is 2.24. The molecule has 0 saturated carbocycles. The number of carboxylic acids is 1. The summed E-state index contributed by atoms with van der Waals surface area (Å²) in [5, 5.41) is 11.9. The zero-order valence-corrected chi connectivity index (χ0v) is 12.7. The fourth-order valence-electron chi connectivity index (χ4n) is 2.24. The van der Waals surface area contributed by atoms with Crippen molar-refractivity contribution in [3.8, 4) is 0 Å². The van der Waals surface area contributed by atoms with Gasteiger partial charge in [-0.3, -0.25) is 9.59 Å². The number of benzene rings is 2. The van der Waals surface area contributed by atoms with E-state index in [4.69, 9.17) is 5.11 Å². The van der Waals surface area contributed by atoms with Crippen molar-refractivity contribution < 1.29 is 14.7 Å². The van der Waals surface area contributed by atoms with Crippen molar-refractivity contribution in [1.29, 1.82) is 0 Å². The number of carbonyl (C=O) groups excluding carboxylic acids is 1. The van der Waals surface area contributed by atoms with E-state index in [1.807, 2.05) is 56.3 Å². The van der Waals surface area contributed by atoms with Gasteiger partial charge in [0, 0.05) is 5.56 Å². The van der Waals surface area contributed by atoms with Crippen LogP contribution in [-0.2, 0) is 4.79 Å². The van der Waals surface area contributed by atoms with Crippen LogP contribution in [0.25, 0.3) is 0 Å². The van der Waals surface area contributed by atoms with E-state index < -0.39 is 12.0 Å². The number of hydrogen-bond donors (Lipinski definition) is 2. The van der Waals surface area contributed by atoms with Crippen molar-refractivity contribution in [2.75, 3.05) is 0 Å². The van der Waals surface area contributed by atoms with Crippen LogP contribution in [0.4, 0.5) is 0 Å². The maximum absolute atomic E-state index is 12.4. The molecule has 0 spiro atoms. The van der Waals surface area contributed by atoms with E-state index in [-0.39, 0.29) is 12.3 Å². The Morgan fingerprint density at radius 1 is 1.05 bits per heavy atom. The molecule has 0 aliphatic rings. The summed E-state index contributed by atoms with van der Waals surface area (Å²) in [6.45, 7) is 3.92. The Balaban J connectivity index is 2.21. The van der Waals surface area contributed by atoms with Crippen LogP contribution in [-0.4, -0.2) is 17.0 Å². The average Bonchev–Trinajstić information content (AvgIpc) is 2.49. The highest BCUT2D eigenvalue weighted by atomic mass is 16.4. The minimum Gasteiger partial charge on any atom is -0.481 e. The minimum atomic E-state index is -0.950. The molecular formula is C18H19NO3. The first-order chi connectivity index (χ1) is 10.5. The summed E-state index contributed by atoms with van der Waals surface area (Å²) in [5.74, 6) is -1.22. The highest BCUT2D eigenvalue weighted by Gasteiger charge is 2.18. The van der Waals surface area contributed by atoms with Gasteiger partial charge in [-0.1, -0.05) is 36.4 Å². The van der Waals surface area contributed by atoms with E-state index in [0.29, 0.717) is 5.56 Å². The molecule has 4 heteroatoms. The van der Waals surface area contributed by atoms with E-state index in [9.17, 15) is 9.59 Å². The Morgan fingerprint density at radius 2 is 1.73 bits per heavy atom. The summed E-state index contributed by atoms with van der Waals surface area (Å²) in [4.78, 5) is 23.4. The molecular weight excluding hydrogens is 278 g/mol. The number of aryl methyl sites for hydroxylation is 2. The van der Waals surface area contributed by atoms with E-state index in [0.717, 1.165) is 16.7 Å². The number of carbonyl (C=O) groups is 2. The molecule has 2 aromatic rings. The molecule has 0 bridgehead atoms. The Kier molecular flexibility index (Phi) is 4.94. The summed E-state index contributed by atoms with van der Waals surface area (Å²) < 4.78 is 0. The van der Waals surface area contributed by atoms with E-state index in [2.05, 4.69) is 5.32 Å². The van der Waals surface area contributed by atoms with Gasteiger partial charge in [-0.05, 0) is 42.7 Å². The molecule has 2 aromatic carbocycles. The van der Waals surface area contributed by atoms with Crippen LogP contribution in [0.5, 0.6) is 0 Å². The largest absolute Gasteiger partial charge is 0.481 e. The normalized spacial score (nSPS) is 11.7. The fraction of sp³-hybridized carbons (Fsp3) is 0.222. The van der Waals surface area contributed by atoms with Crippen LogP contribution in [0.3, 0.4) is 0 Å². The Bertz CT molecular complexity index is 680. The summed E-state index contributed by atoms with van der Waals surface area (Å²) >= 11 is 0. The second kappa shape index (κ2) is 6.89. The molecule has 2 rings (SSSR count). The molecule has 0 aliphatic heterocycles. The molecule has 0 fully saturated rings. The number of aliphatic carboxylic acids is 1. The van der Waals surface area contributed by atoms with Gasteiger partial charge in [0.1, 0.15) is 0 Å². The quantitative estimate of drug-likeness (QED) is 0.890. The summed E-state index contributed by atoms with van der Waals surface area (Å²) in [6, 6.07) is 14.0. The van der Waals surface area contributed by atoms with Crippen molar-refractivity contribution in [3.63, 3.8) is 0 Å². The van der Waals surface area contributed by atoms with Crippen molar-refractivity contribution in [3.05, 3.63) is 70.8 Å². The van der Waals surface area contributed by atoms with Gasteiger partial charge in [-0.2, -0.15) is 0 Å². The monoisotopic (exact) mass is 297 g/mol. The Hall–Kier alpha value is -2.62. The maximum atomic E-state index is 12.4. The predicted molar refractivity (Wildman–Crippen MR) is 84.8 cm³/mol. The highest BCUT2D eigenvalue weighted by molar-refractivity contribution is 5.95. The van der Waals surface area contributed by atoms with E-state index >= 15 is 0 Å². The van der Waals surface area contributed by atoms with Gasteiger partial charge in [0.05, 0.1) is 12.5 Å². The molecule has 0 aromatic heterocycles. The third kappa shape index (κ3) is 3.95. The lowest BCUT2D eigenvalue weighted by molar-refractivity contribution is -0.137. The smallest absolute Gasteiger partial charge is 0.305 e. The predicted octanol–water partition coefficient (Wildman–Crippen LogP) is 3.25. The topological polar surface area (TPSA) is 66.4 Å². The highest BCUT2D eigenvalue weighted by Crippen LogP contribution is 2.18. The zero-order chi connectivity index (χ0) is 16.1. The Labute approximate surface area is 129 Å². The van der Waals surface area contributed by atoms with Crippen molar-refractivity contribution in [2.45, 2.75) is 26.3 Å². The minimum absolute atomic E-state index is 0.152. The van der Waals surface area contributed by atoms with Crippen molar-refractivity contribution >= 4 is 11.9 Å². The summed E-state index contributed by atoms with van der Waals surface area (Å²) in [6.07, 6.45) is -0.152. The first-order valence-electron chi connectivity index (χ1n) is 7.12. The van der Waals surface area contributed by atoms with Gasteiger partial charge in [0.2, 0.25) is 0 Å².